The first-order valence-corrected chi connectivity index (χ1v) is 9.08. The first kappa shape index (κ1) is 15.6. The van der Waals surface area contributed by atoms with E-state index in [0.29, 0.717) is 10.8 Å². The summed E-state index contributed by atoms with van der Waals surface area (Å²) in [5.41, 5.74) is 2.15. The van der Waals surface area contributed by atoms with Crippen LogP contribution in [0.3, 0.4) is 0 Å². The first-order chi connectivity index (χ1) is 11.3. The molecular weight excluding hydrogens is 326 g/mol. The van der Waals surface area contributed by atoms with Gasteiger partial charge < -0.3 is 10.6 Å². The third kappa shape index (κ3) is 3.91. The van der Waals surface area contributed by atoms with E-state index in [1.807, 2.05) is 60.9 Å². The Bertz CT molecular complexity index is 802. The fourth-order valence-corrected chi connectivity index (χ4v) is 3.28. The largest absolute Gasteiger partial charge is 0.332 e. The monoisotopic (exact) mass is 341 g/mol. The van der Waals surface area contributed by atoms with Gasteiger partial charge in [0.25, 0.3) is 5.91 Å². The number of carbonyl (C=O) groups excluding carboxylic acids is 1. The van der Waals surface area contributed by atoms with Gasteiger partial charge in [-0.3, -0.25) is 4.79 Å². The summed E-state index contributed by atoms with van der Waals surface area (Å²) in [6, 6.07) is 17.5. The van der Waals surface area contributed by atoms with Gasteiger partial charge in [0.05, 0.1) is 5.69 Å². The molecule has 0 saturated heterocycles. The fourth-order valence-electron chi connectivity index (χ4n) is 2.01. The van der Waals surface area contributed by atoms with Crippen LogP contribution in [0.15, 0.2) is 64.9 Å². The fraction of sp³-hybridized carbons (Fsp3) is 0.0588. The average Bonchev–Trinajstić information content (AvgIpc) is 3.05. The van der Waals surface area contributed by atoms with E-state index in [0.717, 1.165) is 16.3 Å². The molecule has 0 fully saturated rings. The molecule has 0 aliphatic heterocycles. The van der Waals surface area contributed by atoms with Crippen LogP contribution < -0.4 is 10.6 Å². The number of thiazole rings is 1. The number of amides is 1. The second kappa shape index (κ2) is 7.30. The SMILES string of the molecule is CSc1ccccc1NC(=O)c1csc(Nc2ccccc2)n1. The molecule has 3 aromatic rings. The number of para-hydroxylation sites is 2. The number of rotatable bonds is 5. The highest BCUT2D eigenvalue weighted by Crippen LogP contribution is 2.26. The molecule has 4 nitrogen and oxygen atoms in total. The maximum atomic E-state index is 12.3. The van der Waals surface area contributed by atoms with Crippen molar-refractivity contribution in [3.05, 3.63) is 65.7 Å². The summed E-state index contributed by atoms with van der Waals surface area (Å²) in [7, 11) is 0. The van der Waals surface area contributed by atoms with Gasteiger partial charge in [0.1, 0.15) is 5.69 Å². The van der Waals surface area contributed by atoms with Gasteiger partial charge in [-0.15, -0.1) is 23.1 Å². The maximum absolute atomic E-state index is 12.3. The summed E-state index contributed by atoms with van der Waals surface area (Å²) in [6.45, 7) is 0. The van der Waals surface area contributed by atoms with Gasteiger partial charge in [0.2, 0.25) is 0 Å². The van der Waals surface area contributed by atoms with Crippen molar-refractivity contribution in [2.24, 2.45) is 0 Å². The van der Waals surface area contributed by atoms with E-state index in [4.69, 9.17) is 0 Å². The van der Waals surface area contributed by atoms with Crippen LogP contribution in [0, 0.1) is 0 Å². The van der Waals surface area contributed by atoms with Crippen molar-refractivity contribution in [1.82, 2.24) is 4.98 Å². The number of nitrogens with zero attached hydrogens (tertiary/aromatic N) is 1. The van der Waals surface area contributed by atoms with Crippen molar-refractivity contribution in [2.45, 2.75) is 4.90 Å². The number of hydrogen-bond donors (Lipinski definition) is 2. The van der Waals surface area contributed by atoms with Gasteiger partial charge in [0.15, 0.2) is 5.13 Å². The molecule has 1 aromatic heterocycles. The number of thioether (sulfide) groups is 1. The molecule has 0 bridgehead atoms. The molecule has 23 heavy (non-hydrogen) atoms. The van der Waals surface area contributed by atoms with Crippen LogP contribution in [0.25, 0.3) is 0 Å². The van der Waals surface area contributed by atoms with Crippen LogP contribution >= 0.6 is 23.1 Å². The summed E-state index contributed by atoms with van der Waals surface area (Å²) >= 11 is 3.00. The quantitative estimate of drug-likeness (QED) is 0.651. The minimum atomic E-state index is -0.205. The number of aromatic nitrogens is 1. The standard InChI is InChI=1S/C17H15N3OS2/c1-22-15-10-6-5-9-13(15)19-16(21)14-11-23-17(20-14)18-12-7-3-2-4-8-12/h2-11H,1H3,(H,18,20)(H,19,21). The Morgan fingerprint density at radius 2 is 1.83 bits per heavy atom. The molecule has 0 unspecified atom stereocenters. The number of carbonyl (C=O) groups is 1. The van der Waals surface area contributed by atoms with Crippen molar-refractivity contribution >= 4 is 45.5 Å². The molecule has 3 rings (SSSR count). The Labute approximate surface area is 143 Å². The Morgan fingerprint density at radius 3 is 2.61 bits per heavy atom. The zero-order valence-corrected chi connectivity index (χ0v) is 14.1. The number of anilines is 3. The van der Waals surface area contributed by atoms with Crippen LogP contribution in [0.4, 0.5) is 16.5 Å². The third-order valence-corrected chi connectivity index (χ3v) is 4.67. The van der Waals surface area contributed by atoms with Crippen molar-refractivity contribution in [1.29, 1.82) is 0 Å². The molecule has 0 atom stereocenters. The van der Waals surface area contributed by atoms with Crippen molar-refractivity contribution in [3.63, 3.8) is 0 Å². The molecule has 1 amide bonds. The molecule has 2 aromatic carbocycles. The Hall–Kier alpha value is -2.31. The highest BCUT2D eigenvalue weighted by Gasteiger charge is 2.12. The number of benzene rings is 2. The van der Waals surface area contributed by atoms with Gasteiger partial charge in [-0.25, -0.2) is 4.98 Å². The molecule has 0 aliphatic rings. The van der Waals surface area contributed by atoms with E-state index >= 15 is 0 Å². The molecule has 1 heterocycles. The van der Waals surface area contributed by atoms with Gasteiger partial charge >= 0.3 is 0 Å². The summed E-state index contributed by atoms with van der Waals surface area (Å²) in [5, 5.41) is 8.55. The normalized spacial score (nSPS) is 10.3. The average molecular weight is 341 g/mol. The lowest BCUT2D eigenvalue weighted by molar-refractivity contribution is 0.102. The lowest BCUT2D eigenvalue weighted by atomic mass is 10.3. The zero-order valence-electron chi connectivity index (χ0n) is 12.4. The van der Waals surface area contributed by atoms with Crippen LogP contribution in [0.2, 0.25) is 0 Å². The van der Waals surface area contributed by atoms with E-state index in [2.05, 4.69) is 15.6 Å². The number of nitrogens with one attached hydrogen (secondary N) is 2. The van der Waals surface area contributed by atoms with E-state index in [1.165, 1.54) is 11.3 Å². The van der Waals surface area contributed by atoms with Crippen molar-refractivity contribution in [2.75, 3.05) is 16.9 Å². The molecule has 0 saturated carbocycles. The molecule has 6 heteroatoms. The van der Waals surface area contributed by atoms with Gasteiger partial charge in [-0.05, 0) is 30.5 Å². The van der Waals surface area contributed by atoms with E-state index < -0.39 is 0 Å². The van der Waals surface area contributed by atoms with E-state index in [9.17, 15) is 4.79 Å². The smallest absolute Gasteiger partial charge is 0.275 e. The molecule has 2 N–H and O–H groups in total. The minimum Gasteiger partial charge on any atom is -0.332 e. The van der Waals surface area contributed by atoms with E-state index in [-0.39, 0.29) is 5.91 Å². The van der Waals surface area contributed by atoms with Crippen molar-refractivity contribution < 1.29 is 4.79 Å². The Morgan fingerprint density at radius 1 is 1.09 bits per heavy atom. The van der Waals surface area contributed by atoms with Crippen molar-refractivity contribution in [3.8, 4) is 0 Å². The molecule has 116 valence electrons. The number of hydrogen-bond acceptors (Lipinski definition) is 5. The molecular formula is C17H15N3OS2. The van der Waals surface area contributed by atoms with Crippen LogP contribution in [0.1, 0.15) is 10.5 Å². The predicted molar refractivity (Wildman–Crippen MR) is 98.0 cm³/mol. The second-order valence-electron chi connectivity index (χ2n) is 4.68. The maximum Gasteiger partial charge on any atom is 0.275 e. The molecule has 0 aliphatic carbocycles. The molecule has 0 radical (unpaired) electrons. The van der Waals surface area contributed by atoms with E-state index in [1.54, 1.807) is 17.1 Å². The Balaban J connectivity index is 1.71. The summed E-state index contributed by atoms with van der Waals surface area (Å²) in [5.74, 6) is -0.205. The van der Waals surface area contributed by atoms with Crippen LogP contribution in [0.5, 0.6) is 0 Å². The highest BCUT2D eigenvalue weighted by molar-refractivity contribution is 7.98. The minimum absolute atomic E-state index is 0.205. The van der Waals surface area contributed by atoms with Crippen LogP contribution in [-0.2, 0) is 0 Å². The molecule has 0 spiro atoms. The van der Waals surface area contributed by atoms with Gasteiger partial charge in [-0.1, -0.05) is 30.3 Å². The zero-order chi connectivity index (χ0) is 16.1. The third-order valence-electron chi connectivity index (χ3n) is 3.12. The summed E-state index contributed by atoms with van der Waals surface area (Å²) in [6.07, 6.45) is 1.98. The summed E-state index contributed by atoms with van der Waals surface area (Å²) in [4.78, 5) is 17.7. The van der Waals surface area contributed by atoms with Crippen LogP contribution in [-0.4, -0.2) is 17.1 Å². The summed E-state index contributed by atoms with van der Waals surface area (Å²) < 4.78 is 0. The second-order valence-corrected chi connectivity index (χ2v) is 6.39. The van der Waals surface area contributed by atoms with Gasteiger partial charge in [-0.2, -0.15) is 0 Å². The predicted octanol–water partition coefficient (Wildman–Crippen LogP) is 4.86. The lowest BCUT2D eigenvalue weighted by Gasteiger charge is -2.07. The highest BCUT2D eigenvalue weighted by atomic mass is 32.2. The van der Waals surface area contributed by atoms with Gasteiger partial charge in [0, 0.05) is 16.0 Å². The Kier molecular flexibility index (Phi) is 4.95. The lowest BCUT2D eigenvalue weighted by Crippen LogP contribution is -2.13. The first-order valence-electron chi connectivity index (χ1n) is 6.98. The topological polar surface area (TPSA) is 54.0 Å².